The van der Waals surface area contributed by atoms with Gasteiger partial charge in [-0.05, 0) is 12.8 Å². The van der Waals surface area contributed by atoms with Gasteiger partial charge in [-0.1, -0.05) is 27.5 Å². The van der Waals surface area contributed by atoms with Crippen LogP contribution < -0.4 is 0 Å². The van der Waals surface area contributed by atoms with Crippen LogP contribution in [0.15, 0.2) is 0 Å². The molecule has 0 N–H and O–H groups in total. The van der Waals surface area contributed by atoms with Crippen LogP contribution in [0.25, 0.3) is 0 Å². The Morgan fingerprint density at radius 3 is 1.76 bits per heavy atom. The van der Waals surface area contributed by atoms with Gasteiger partial charge in [0.1, 0.15) is 14.1 Å². The van der Waals surface area contributed by atoms with Crippen LogP contribution in [0, 0.1) is 11.8 Å². The lowest BCUT2D eigenvalue weighted by atomic mass is 9.81. The van der Waals surface area contributed by atoms with Crippen molar-refractivity contribution in [1.82, 2.24) is 9.96 Å². The number of carbonyl (C=O) groups is 3. The molecule has 2 atom stereocenters. The molecule has 2 aliphatic rings. The zero-order valence-corrected chi connectivity index (χ0v) is 14.5. The van der Waals surface area contributed by atoms with E-state index in [9.17, 15) is 31.6 Å². The first-order chi connectivity index (χ1) is 11.3. The second-order valence-electron chi connectivity index (χ2n) is 6.57. The third kappa shape index (κ3) is 5.67. The molecule has 2 fully saturated rings. The number of nitrogens with zero attached hydrogens (tertiary/aromatic N) is 3. The number of amides is 4. The van der Waals surface area contributed by atoms with Crippen molar-refractivity contribution in [3.8, 4) is 0 Å². The smallest absolute Gasteiger partial charge is 0.418 e. The van der Waals surface area contributed by atoms with Crippen LogP contribution >= 0.6 is 0 Å². The number of quaternary nitrogens is 1. The van der Waals surface area contributed by atoms with Crippen molar-refractivity contribution >= 4 is 25.1 Å². The van der Waals surface area contributed by atoms with Gasteiger partial charge in [0.05, 0.1) is 11.8 Å². The molecule has 0 aromatic heterocycles. The van der Waals surface area contributed by atoms with Crippen LogP contribution in [0.1, 0.15) is 25.7 Å². The molecule has 7 nitrogen and oxygen atoms in total. The lowest BCUT2D eigenvalue weighted by molar-refractivity contribution is -1.04. The summed E-state index contributed by atoms with van der Waals surface area (Å²) in [6, 6.07) is -0.347. The number of fused-ring (bicyclic) bond motifs is 1. The minimum Gasteiger partial charge on any atom is -0.418 e. The van der Waals surface area contributed by atoms with Crippen LogP contribution in [0.3, 0.4) is 0 Å². The molecule has 144 valence electrons. The van der Waals surface area contributed by atoms with Crippen LogP contribution in [0.5, 0.6) is 0 Å². The Bertz CT molecular complexity index is 512. The van der Waals surface area contributed by atoms with Gasteiger partial charge in [-0.3, -0.25) is 14.5 Å². The van der Waals surface area contributed by atoms with Crippen molar-refractivity contribution in [3.63, 3.8) is 0 Å². The SMILES string of the molecule is CN(C)C(=O)[N+](C)(C)ON1C(=O)C2CCCCC2C1=O.F[B-](F)(F)F. The summed E-state index contributed by atoms with van der Waals surface area (Å²) in [5.41, 5.74) is 0. The van der Waals surface area contributed by atoms with E-state index in [0.29, 0.717) is 0 Å². The third-order valence-corrected chi connectivity index (χ3v) is 3.93. The summed E-state index contributed by atoms with van der Waals surface area (Å²) in [6.45, 7) is 0. The van der Waals surface area contributed by atoms with Gasteiger partial charge >= 0.3 is 13.3 Å². The highest BCUT2D eigenvalue weighted by atomic mass is 19.5. The van der Waals surface area contributed by atoms with E-state index in [2.05, 4.69) is 0 Å². The normalized spacial score (nSPS) is 23.8. The van der Waals surface area contributed by atoms with Gasteiger partial charge in [0.15, 0.2) is 0 Å². The average Bonchev–Trinajstić information content (AvgIpc) is 2.70. The van der Waals surface area contributed by atoms with E-state index >= 15 is 0 Å². The molecule has 1 saturated heterocycles. The molecular weight excluding hydrogens is 349 g/mol. The maximum Gasteiger partial charge on any atom is 0.673 e. The van der Waals surface area contributed by atoms with Gasteiger partial charge in [-0.25, -0.2) is 4.79 Å². The number of hydrogen-bond donors (Lipinski definition) is 0. The number of carbonyl (C=O) groups excluding carboxylic acids is 3. The van der Waals surface area contributed by atoms with Crippen molar-refractivity contribution in [2.24, 2.45) is 11.8 Å². The second-order valence-corrected chi connectivity index (χ2v) is 6.57. The number of urea groups is 1. The Morgan fingerprint density at radius 2 is 1.44 bits per heavy atom. The van der Waals surface area contributed by atoms with Gasteiger partial charge < -0.3 is 17.3 Å². The molecule has 4 amide bonds. The first-order valence-corrected chi connectivity index (χ1v) is 7.76. The molecule has 12 heteroatoms. The fourth-order valence-electron chi connectivity index (χ4n) is 2.93. The van der Waals surface area contributed by atoms with E-state index in [1.54, 1.807) is 14.1 Å². The van der Waals surface area contributed by atoms with Crippen LogP contribution in [0.4, 0.5) is 22.1 Å². The minimum atomic E-state index is -6.00. The number of halogens is 4. The quantitative estimate of drug-likeness (QED) is 0.245. The van der Waals surface area contributed by atoms with Crippen molar-refractivity contribution < 1.29 is 41.2 Å². The molecule has 0 aromatic rings. The molecule has 0 radical (unpaired) electrons. The van der Waals surface area contributed by atoms with Crippen molar-refractivity contribution in [3.05, 3.63) is 0 Å². The number of hydroxylamine groups is 5. The first-order valence-electron chi connectivity index (χ1n) is 7.76. The van der Waals surface area contributed by atoms with Gasteiger partial charge in [0.25, 0.3) is 11.8 Å². The molecular formula is C13H22BF4N3O4. The van der Waals surface area contributed by atoms with E-state index in [4.69, 9.17) is 4.94 Å². The highest BCUT2D eigenvalue weighted by Gasteiger charge is 2.52. The van der Waals surface area contributed by atoms with E-state index < -0.39 is 11.9 Å². The molecule has 1 aliphatic heterocycles. The summed E-state index contributed by atoms with van der Waals surface area (Å²) >= 11 is 0. The molecule has 1 aliphatic carbocycles. The van der Waals surface area contributed by atoms with E-state index in [-0.39, 0.29) is 29.7 Å². The summed E-state index contributed by atoms with van der Waals surface area (Å²) in [4.78, 5) is 43.3. The van der Waals surface area contributed by atoms with Crippen LogP contribution in [0.2, 0.25) is 0 Å². The van der Waals surface area contributed by atoms with Crippen LogP contribution in [-0.2, 0) is 14.5 Å². The Morgan fingerprint density at radius 1 is 1.08 bits per heavy atom. The molecule has 25 heavy (non-hydrogen) atoms. The first kappa shape index (κ1) is 21.4. The van der Waals surface area contributed by atoms with E-state index in [1.165, 1.54) is 19.0 Å². The molecule has 0 spiro atoms. The number of hydrogen-bond acceptors (Lipinski definition) is 4. The largest absolute Gasteiger partial charge is 0.673 e. The van der Waals surface area contributed by atoms with Gasteiger partial charge in [0, 0.05) is 14.1 Å². The Balaban J connectivity index is 0.000000550. The predicted molar refractivity (Wildman–Crippen MR) is 79.8 cm³/mol. The zero-order valence-electron chi connectivity index (χ0n) is 14.5. The molecule has 1 heterocycles. The lowest BCUT2D eigenvalue weighted by Gasteiger charge is -2.28. The fraction of sp³-hybridized carbons (Fsp3) is 0.769. The summed E-state index contributed by atoms with van der Waals surface area (Å²) in [5.74, 6) is -1.16. The third-order valence-electron chi connectivity index (χ3n) is 3.93. The Labute approximate surface area is 143 Å². The van der Waals surface area contributed by atoms with Gasteiger partial charge in [-0.15, -0.1) is 0 Å². The summed E-state index contributed by atoms with van der Waals surface area (Å²) in [5, 5.41) is 0.808. The standard InChI is InChI=1S/C13H22N3O4.BF4/c1-14(2)13(19)16(3,4)20-15-11(17)9-7-5-6-8-10(9)12(15)18;2-1(3,4)5/h9-10H,5-8H2,1-4H3;/q+1;-1. The Hall–Kier alpha value is -1.69. The van der Waals surface area contributed by atoms with Gasteiger partial charge in [-0.2, -0.15) is 0 Å². The molecule has 2 rings (SSSR count). The monoisotopic (exact) mass is 371 g/mol. The maximum atomic E-state index is 12.3. The topological polar surface area (TPSA) is 66.9 Å². The maximum absolute atomic E-state index is 12.3. The summed E-state index contributed by atoms with van der Waals surface area (Å²) < 4.78 is 38.5. The van der Waals surface area contributed by atoms with Crippen molar-refractivity contribution in [1.29, 1.82) is 0 Å². The highest BCUT2D eigenvalue weighted by Crippen LogP contribution is 2.38. The molecule has 0 aromatic carbocycles. The van der Waals surface area contributed by atoms with Crippen molar-refractivity contribution in [2.75, 3.05) is 28.2 Å². The molecule has 2 unspecified atom stereocenters. The highest BCUT2D eigenvalue weighted by molar-refractivity contribution is 6.50. The second kappa shape index (κ2) is 7.69. The molecule has 0 bridgehead atoms. The fourth-order valence-corrected chi connectivity index (χ4v) is 2.93. The van der Waals surface area contributed by atoms with Crippen molar-refractivity contribution in [2.45, 2.75) is 25.7 Å². The zero-order chi connectivity index (χ0) is 19.6. The lowest BCUT2D eigenvalue weighted by Crippen LogP contribution is -2.55. The van der Waals surface area contributed by atoms with E-state index in [0.717, 1.165) is 30.7 Å². The number of imide groups is 1. The van der Waals surface area contributed by atoms with Crippen LogP contribution in [-0.4, -0.2) is 67.9 Å². The minimum absolute atomic E-state index is 0.272. The average molecular weight is 371 g/mol. The van der Waals surface area contributed by atoms with E-state index in [1.807, 2.05) is 0 Å². The number of rotatable bonds is 2. The summed E-state index contributed by atoms with van der Waals surface area (Å²) in [6.07, 6.45) is 3.38. The Kier molecular flexibility index (Phi) is 6.57. The summed E-state index contributed by atoms with van der Waals surface area (Å²) in [7, 11) is 0.202. The predicted octanol–water partition coefficient (Wildman–Crippen LogP) is 2.07. The molecule has 1 saturated carbocycles. The van der Waals surface area contributed by atoms with Gasteiger partial charge in [0.2, 0.25) is 0 Å².